The maximum Gasteiger partial charge on any atom is 0.168 e. The summed E-state index contributed by atoms with van der Waals surface area (Å²) in [6.07, 6.45) is -0.0953. The maximum absolute atomic E-state index is 10.7. The van der Waals surface area contributed by atoms with E-state index in [2.05, 4.69) is 20.3 Å². The van der Waals surface area contributed by atoms with Crippen molar-refractivity contribution in [1.29, 1.82) is 0 Å². The van der Waals surface area contributed by atoms with Crippen LogP contribution in [-0.2, 0) is 4.74 Å². The molecule has 10 heteroatoms. The molecule has 10 nitrogen and oxygen atoms in total. The molecule has 0 bridgehead atoms. The minimum Gasteiger partial charge on any atom is -0.394 e. The zero-order chi connectivity index (χ0) is 18.2. The first kappa shape index (κ1) is 18.0. The Bertz CT molecular complexity index is 736. The summed E-state index contributed by atoms with van der Waals surface area (Å²) in [5, 5.41) is 33.3. The van der Waals surface area contributed by atoms with Crippen molar-refractivity contribution in [3.63, 3.8) is 0 Å². The first-order valence-electron chi connectivity index (χ1n) is 8.11. The average Bonchev–Trinajstić information content (AvgIpc) is 3.12. The van der Waals surface area contributed by atoms with Gasteiger partial charge in [-0.2, -0.15) is 0 Å². The summed E-state index contributed by atoms with van der Waals surface area (Å²) >= 11 is 0. The van der Waals surface area contributed by atoms with Crippen LogP contribution in [0.25, 0.3) is 11.2 Å². The Kier molecular flexibility index (Phi) is 4.89. The van der Waals surface area contributed by atoms with Gasteiger partial charge in [0, 0.05) is 20.1 Å². The van der Waals surface area contributed by atoms with Gasteiger partial charge in [-0.3, -0.25) is 4.57 Å². The summed E-state index contributed by atoms with van der Waals surface area (Å²) in [5.41, 5.74) is -0.538. The van der Waals surface area contributed by atoms with Gasteiger partial charge in [0.1, 0.15) is 24.1 Å². The molecule has 4 N–H and O–H groups in total. The molecule has 1 aliphatic rings. The van der Waals surface area contributed by atoms with E-state index in [1.54, 1.807) is 4.57 Å². The van der Waals surface area contributed by atoms with Gasteiger partial charge in [-0.25, -0.2) is 15.0 Å². The van der Waals surface area contributed by atoms with Gasteiger partial charge in [-0.1, -0.05) is 0 Å². The smallest absolute Gasteiger partial charge is 0.168 e. The molecular weight excluding hydrogens is 328 g/mol. The Labute approximate surface area is 145 Å². The van der Waals surface area contributed by atoms with E-state index in [1.807, 2.05) is 19.0 Å². The second-order valence-corrected chi connectivity index (χ2v) is 6.43. The van der Waals surface area contributed by atoms with E-state index in [4.69, 9.17) is 4.74 Å². The van der Waals surface area contributed by atoms with Crippen LogP contribution in [0.5, 0.6) is 0 Å². The molecule has 2 aromatic rings. The molecule has 3 rings (SSSR count). The van der Waals surface area contributed by atoms with Crippen LogP contribution in [0.4, 0.5) is 5.82 Å². The maximum atomic E-state index is 10.7. The van der Waals surface area contributed by atoms with Crippen LogP contribution < -0.4 is 10.2 Å². The molecule has 25 heavy (non-hydrogen) atoms. The number of aromatic nitrogens is 4. The molecule has 0 radical (unpaired) electrons. The van der Waals surface area contributed by atoms with Crippen LogP contribution in [0.1, 0.15) is 13.2 Å². The standard InChI is InChI=1S/C15H24N6O4/c1-15(24)11(23)9(6-22)25-14(15)21-8-19-10-12(17-7-18-13(10)21)20(3)5-4-16-2/h7-9,11,14,16,22-24H,4-6H2,1-3H3/t9-,11-,14-,15-/m1/s1. The highest BCUT2D eigenvalue weighted by atomic mass is 16.6. The van der Waals surface area contributed by atoms with Crippen molar-refractivity contribution in [2.45, 2.75) is 31.0 Å². The number of imidazole rings is 1. The van der Waals surface area contributed by atoms with Crippen LogP contribution >= 0.6 is 0 Å². The second kappa shape index (κ2) is 6.81. The van der Waals surface area contributed by atoms with Crippen LogP contribution in [0.15, 0.2) is 12.7 Å². The van der Waals surface area contributed by atoms with Crippen molar-refractivity contribution in [1.82, 2.24) is 24.8 Å². The van der Waals surface area contributed by atoms with Crippen molar-refractivity contribution < 1.29 is 20.1 Å². The van der Waals surface area contributed by atoms with Gasteiger partial charge in [0.2, 0.25) is 0 Å². The van der Waals surface area contributed by atoms with E-state index < -0.39 is 30.6 Å². The molecule has 2 aromatic heterocycles. The normalized spacial score (nSPS) is 29.4. The molecule has 0 saturated carbocycles. The van der Waals surface area contributed by atoms with E-state index in [9.17, 15) is 15.3 Å². The molecule has 3 heterocycles. The SMILES string of the molecule is CNCCN(C)c1ncnc2c1ncn2[C@@H]1O[C@H](CO)[C@@H](O)[C@@]1(C)O. The monoisotopic (exact) mass is 352 g/mol. The minimum atomic E-state index is -1.59. The fourth-order valence-electron chi connectivity index (χ4n) is 3.07. The summed E-state index contributed by atoms with van der Waals surface area (Å²) in [6.45, 7) is 2.59. The van der Waals surface area contributed by atoms with Gasteiger partial charge in [-0.05, 0) is 14.0 Å². The van der Waals surface area contributed by atoms with Crippen molar-refractivity contribution >= 4 is 17.0 Å². The van der Waals surface area contributed by atoms with Gasteiger partial charge < -0.3 is 30.3 Å². The van der Waals surface area contributed by atoms with Gasteiger partial charge in [0.25, 0.3) is 0 Å². The molecule has 0 aliphatic carbocycles. The molecule has 0 aromatic carbocycles. The number of hydrogen-bond acceptors (Lipinski definition) is 9. The van der Waals surface area contributed by atoms with Gasteiger partial charge >= 0.3 is 0 Å². The molecule has 4 atom stereocenters. The molecule has 1 saturated heterocycles. The van der Waals surface area contributed by atoms with Crippen LogP contribution in [0.2, 0.25) is 0 Å². The molecule has 1 aliphatic heterocycles. The predicted octanol–water partition coefficient (Wildman–Crippen LogP) is -1.52. The number of nitrogens with zero attached hydrogens (tertiary/aromatic N) is 5. The number of anilines is 1. The third-order valence-corrected chi connectivity index (χ3v) is 4.59. The average molecular weight is 352 g/mol. The van der Waals surface area contributed by atoms with Gasteiger partial charge in [0.15, 0.2) is 23.2 Å². The van der Waals surface area contributed by atoms with E-state index in [-0.39, 0.29) is 0 Å². The number of hydrogen-bond donors (Lipinski definition) is 4. The van der Waals surface area contributed by atoms with E-state index >= 15 is 0 Å². The predicted molar refractivity (Wildman–Crippen MR) is 90.1 cm³/mol. The Balaban J connectivity index is 1.99. The summed E-state index contributed by atoms with van der Waals surface area (Å²) in [6, 6.07) is 0. The third-order valence-electron chi connectivity index (χ3n) is 4.59. The van der Waals surface area contributed by atoms with Crippen molar-refractivity contribution in [2.75, 3.05) is 38.7 Å². The Morgan fingerprint density at radius 1 is 1.40 bits per heavy atom. The summed E-state index contributed by atoms with van der Waals surface area (Å²) in [4.78, 5) is 14.9. The number of aliphatic hydroxyl groups is 3. The zero-order valence-electron chi connectivity index (χ0n) is 14.5. The highest BCUT2D eigenvalue weighted by molar-refractivity contribution is 5.83. The number of rotatable bonds is 6. The zero-order valence-corrected chi connectivity index (χ0v) is 14.5. The lowest BCUT2D eigenvalue weighted by molar-refractivity contribution is -0.0950. The minimum absolute atomic E-state index is 0.395. The highest BCUT2D eigenvalue weighted by Gasteiger charge is 2.53. The van der Waals surface area contributed by atoms with Gasteiger partial charge in [-0.15, -0.1) is 0 Å². The number of aliphatic hydroxyl groups excluding tert-OH is 2. The largest absolute Gasteiger partial charge is 0.394 e. The molecule has 138 valence electrons. The fourth-order valence-corrected chi connectivity index (χ4v) is 3.07. The molecule has 0 spiro atoms. The lowest BCUT2D eigenvalue weighted by Crippen LogP contribution is -2.44. The highest BCUT2D eigenvalue weighted by Crippen LogP contribution is 2.39. The Hall–Kier alpha value is -1.85. The summed E-state index contributed by atoms with van der Waals surface area (Å²) < 4.78 is 7.21. The number of nitrogens with one attached hydrogen (secondary N) is 1. The first-order chi connectivity index (χ1) is 11.9. The van der Waals surface area contributed by atoms with Crippen LogP contribution in [-0.4, -0.2) is 86.4 Å². The third kappa shape index (κ3) is 2.96. The number of ether oxygens (including phenoxy) is 1. The number of fused-ring (bicyclic) bond motifs is 1. The lowest BCUT2D eigenvalue weighted by Gasteiger charge is -2.27. The molecule has 0 amide bonds. The molecule has 0 unspecified atom stereocenters. The van der Waals surface area contributed by atoms with E-state index in [0.29, 0.717) is 17.0 Å². The number of likely N-dealkylation sites (N-methyl/N-ethyl adjacent to an activating group) is 2. The Morgan fingerprint density at radius 2 is 2.16 bits per heavy atom. The van der Waals surface area contributed by atoms with Crippen molar-refractivity contribution in [3.05, 3.63) is 12.7 Å². The van der Waals surface area contributed by atoms with Crippen LogP contribution in [0.3, 0.4) is 0 Å². The van der Waals surface area contributed by atoms with E-state index in [0.717, 1.165) is 13.1 Å². The van der Waals surface area contributed by atoms with E-state index in [1.165, 1.54) is 19.6 Å². The molecular formula is C15H24N6O4. The van der Waals surface area contributed by atoms with Gasteiger partial charge in [0.05, 0.1) is 12.9 Å². The summed E-state index contributed by atoms with van der Waals surface area (Å²) in [7, 11) is 3.78. The summed E-state index contributed by atoms with van der Waals surface area (Å²) in [5.74, 6) is 0.663. The Morgan fingerprint density at radius 3 is 2.80 bits per heavy atom. The van der Waals surface area contributed by atoms with Crippen LogP contribution in [0, 0.1) is 0 Å². The van der Waals surface area contributed by atoms with Crippen molar-refractivity contribution in [2.24, 2.45) is 0 Å². The lowest BCUT2D eigenvalue weighted by atomic mass is 9.96. The molecule has 1 fully saturated rings. The quantitative estimate of drug-likeness (QED) is 0.490. The second-order valence-electron chi connectivity index (χ2n) is 6.43. The van der Waals surface area contributed by atoms with Crippen molar-refractivity contribution in [3.8, 4) is 0 Å². The first-order valence-corrected chi connectivity index (χ1v) is 8.11. The topological polar surface area (TPSA) is 129 Å². The fraction of sp³-hybridized carbons (Fsp3) is 0.667.